The van der Waals surface area contributed by atoms with Gasteiger partial charge in [0.15, 0.2) is 0 Å². The van der Waals surface area contributed by atoms with Crippen molar-refractivity contribution >= 4 is 19.1 Å². The van der Waals surface area contributed by atoms with E-state index in [0.717, 1.165) is 0 Å². The first kappa shape index (κ1) is 17.7. The second-order valence-electron chi connectivity index (χ2n) is 4.88. The number of hydrogen-bond donors (Lipinski definition) is 1. The fraction of sp³-hybridized carbons (Fsp3) is 0.615. The van der Waals surface area contributed by atoms with Crippen LogP contribution in [-0.4, -0.2) is 34.6 Å². The lowest BCUT2D eigenvalue weighted by Crippen LogP contribution is -2.27. The minimum Gasteiger partial charge on any atom is -0.383 e. The maximum atomic E-state index is 12.4. The average Bonchev–Trinajstić information content (AvgIpc) is 2.94. The van der Waals surface area contributed by atoms with Crippen LogP contribution in [0.5, 0.6) is 0 Å². The molecule has 1 unspecified atom stereocenters. The predicted octanol–water partition coefficient (Wildman–Crippen LogP) is 1.76. The Labute approximate surface area is 134 Å². The van der Waals surface area contributed by atoms with Gasteiger partial charge in [0, 0.05) is 19.0 Å². The van der Waals surface area contributed by atoms with Crippen molar-refractivity contribution in [3.8, 4) is 0 Å². The van der Waals surface area contributed by atoms with Gasteiger partial charge in [-0.25, -0.2) is 4.79 Å². The quantitative estimate of drug-likeness (QED) is 0.714. The van der Waals surface area contributed by atoms with Gasteiger partial charge in [-0.2, -0.15) is 4.98 Å². The van der Waals surface area contributed by atoms with Crippen molar-refractivity contribution in [2.24, 2.45) is 5.16 Å². The molecule has 2 N–H and O–H groups in total. The Morgan fingerprint density at radius 2 is 2.13 bits per heavy atom. The summed E-state index contributed by atoms with van der Waals surface area (Å²) in [5, 5.41) is 3.95. The van der Waals surface area contributed by atoms with Crippen molar-refractivity contribution in [1.82, 2.24) is 9.55 Å². The molecule has 0 saturated carbocycles. The molecule has 128 valence electrons. The molecule has 0 bridgehead atoms. The summed E-state index contributed by atoms with van der Waals surface area (Å²) in [6.45, 7) is 4.15. The Morgan fingerprint density at radius 3 is 2.74 bits per heavy atom. The first-order valence-electron chi connectivity index (χ1n) is 7.41. The van der Waals surface area contributed by atoms with Gasteiger partial charge in [-0.3, -0.25) is 9.13 Å². The largest absolute Gasteiger partial charge is 0.383 e. The molecule has 23 heavy (non-hydrogen) atoms. The lowest BCUT2D eigenvalue weighted by Gasteiger charge is -2.16. The van der Waals surface area contributed by atoms with Gasteiger partial charge in [0.1, 0.15) is 5.82 Å². The molecule has 0 radical (unpaired) electrons. The molecule has 9 nitrogen and oxygen atoms in total. The molecule has 0 fully saturated rings. The molecule has 2 heterocycles. The molecule has 1 aliphatic heterocycles. The molecule has 2 rings (SSSR count). The molecule has 1 atom stereocenters. The smallest absolute Gasteiger partial charge is 0.352 e. The molecule has 0 amide bonds. The molecule has 0 saturated heterocycles. The maximum absolute atomic E-state index is 12.4. The topological polar surface area (TPSA) is 118 Å². The van der Waals surface area contributed by atoms with Crippen LogP contribution in [0.4, 0.5) is 5.82 Å². The average molecular weight is 344 g/mol. The van der Waals surface area contributed by atoms with E-state index in [1.165, 1.54) is 16.8 Å². The monoisotopic (exact) mass is 344 g/mol. The predicted molar refractivity (Wildman–Crippen MR) is 85.4 cm³/mol. The van der Waals surface area contributed by atoms with Crippen LogP contribution in [-0.2, 0) is 18.5 Å². The molecule has 0 aliphatic carbocycles. The molecule has 1 aromatic heterocycles. The van der Waals surface area contributed by atoms with Crippen molar-refractivity contribution in [3.63, 3.8) is 0 Å². The van der Waals surface area contributed by atoms with E-state index in [1.807, 2.05) is 0 Å². The Kier molecular flexibility index (Phi) is 5.92. The van der Waals surface area contributed by atoms with Gasteiger partial charge in [0.25, 0.3) is 0 Å². The summed E-state index contributed by atoms with van der Waals surface area (Å²) in [4.78, 5) is 20.7. The molecule has 10 heteroatoms. The Hall–Kier alpha value is -1.70. The van der Waals surface area contributed by atoms with E-state index in [4.69, 9.17) is 19.6 Å². The summed E-state index contributed by atoms with van der Waals surface area (Å²) < 4.78 is 24.2. The lowest BCUT2D eigenvalue weighted by atomic mass is 10.2. The number of nitrogens with two attached hydrogens (primary N) is 1. The van der Waals surface area contributed by atoms with Crippen LogP contribution in [0.2, 0.25) is 0 Å². The lowest BCUT2D eigenvalue weighted by molar-refractivity contribution is 0.0287. The highest BCUT2D eigenvalue weighted by atomic mass is 31.2. The summed E-state index contributed by atoms with van der Waals surface area (Å²) in [5.41, 5.74) is 5.65. The highest BCUT2D eigenvalue weighted by Gasteiger charge is 2.28. The van der Waals surface area contributed by atoms with Gasteiger partial charge in [0.2, 0.25) is 6.23 Å². The van der Waals surface area contributed by atoms with Crippen LogP contribution in [0, 0.1) is 0 Å². The van der Waals surface area contributed by atoms with E-state index in [0.29, 0.717) is 31.8 Å². The third-order valence-electron chi connectivity index (χ3n) is 3.20. The number of nitrogen functional groups attached to an aromatic ring is 1. The highest BCUT2D eigenvalue weighted by Crippen LogP contribution is 2.48. The Bertz CT molecular complexity index is 665. The number of oxime groups is 1. The summed E-state index contributed by atoms with van der Waals surface area (Å²) in [5.74, 6) is 0.153. The van der Waals surface area contributed by atoms with Crippen molar-refractivity contribution < 1.29 is 18.5 Å². The van der Waals surface area contributed by atoms with Crippen LogP contribution in [0.25, 0.3) is 0 Å². The Balaban J connectivity index is 1.94. The Morgan fingerprint density at radius 1 is 1.43 bits per heavy atom. The molecular weight excluding hydrogens is 323 g/mol. The summed E-state index contributed by atoms with van der Waals surface area (Å²) in [6.07, 6.45) is 1.98. The van der Waals surface area contributed by atoms with Crippen LogP contribution in [0.1, 0.15) is 32.9 Å². The summed E-state index contributed by atoms with van der Waals surface area (Å²) in [6, 6.07) is 1.52. The molecule has 0 spiro atoms. The van der Waals surface area contributed by atoms with Gasteiger partial charge in [-0.1, -0.05) is 5.16 Å². The fourth-order valence-electron chi connectivity index (χ4n) is 2.18. The zero-order valence-corrected chi connectivity index (χ0v) is 14.1. The molecule has 1 aromatic rings. The van der Waals surface area contributed by atoms with Crippen LogP contribution in [0.15, 0.2) is 22.2 Å². The molecular formula is C13H21N4O5P. The number of anilines is 1. The summed E-state index contributed by atoms with van der Waals surface area (Å²) in [7, 11) is -3.11. The van der Waals surface area contributed by atoms with Gasteiger partial charge in [-0.05, 0) is 19.9 Å². The van der Waals surface area contributed by atoms with Crippen LogP contribution >= 0.6 is 7.60 Å². The number of aromatic nitrogens is 2. The standard InChI is InChI=1S/C13H21N4O5P/c1-3-20-23(19,21-4-2)8-6-10-9-12(22-16-10)17-7-5-11(14)15-13(17)18/h5,7,12H,3-4,6,8-9H2,1-2H3,(H2,14,15,18). The second-order valence-corrected chi connectivity index (χ2v) is 7.07. The van der Waals surface area contributed by atoms with Crippen molar-refractivity contribution in [2.75, 3.05) is 25.1 Å². The fourth-order valence-corrected chi connectivity index (χ4v) is 3.83. The van der Waals surface area contributed by atoms with Gasteiger partial charge < -0.3 is 19.6 Å². The summed E-state index contributed by atoms with van der Waals surface area (Å²) >= 11 is 0. The van der Waals surface area contributed by atoms with Gasteiger partial charge in [0.05, 0.1) is 25.1 Å². The minimum absolute atomic E-state index is 0.153. The van der Waals surface area contributed by atoms with Crippen LogP contribution < -0.4 is 11.4 Å². The zero-order chi connectivity index (χ0) is 16.9. The number of nitrogens with zero attached hydrogens (tertiary/aromatic N) is 3. The minimum atomic E-state index is -3.11. The second kappa shape index (κ2) is 7.72. The van der Waals surface area contributed by atoms with E-state index in [9.17, 15) is 9.36 Å². The number of rotatable bonds is 8. The first-order valence-corrected chi connectivity index (χ1v) is 9.14. The number of hydrogen-bond acceptors (Lipinski definition) is 8. The van der Waals surface area contributed by atoms with Crippen molar-refractivity contribution in [1.29, 1.82) is 0 Å². The van der Waals surface area contributed by atoms with Crippen molar-refractivity contribution in [3.05, 3.63) is 22.7 Å². The third kappa shape index (κ3) is 4.63. The molecule has 1 aliphatic rings. The van der Waals surface area contributed by atoms with E-state index >= 15 is 0 Å². The van der Waals surface area contributed by atoms with Gasteiger partial charge >= 0.3 is 13.3 Å². The maximum Gasteiger partial charge on any atom is 0.352 e. The van der Waals surface area contributed by atoms with Crippen molar-refractivity contribution in [2.45, 2.75) is 32.9 Å². The van der Waals surface area contributed by atoms with E-state index in [1.54, 1.807) is 13.8 Å². The molecule has 0 aromatic carbocycles. The van der Waals surface area contributed by atoms with E-state index in [-0.39, 0.29) is 12.0 Å². The third-order valence-corrected chi connectivity index (χ3v) is 5.28. The normalized spacial score (nSPS) is 17.8. The van der Waals surface area contributed by atoms with E-state index in [2.05, 4.69) is 10.1 Å². The zero-order valence-electron chi connectivity index (χ0n) is 13.2. The van der Waals surface area contributed by atoms with E-state index < -0.39 is 19.5 Å². The van der Waals surface area contributed by atoms with Gasteiger partial charge in [-0.15, -0.1) is 0 Å². The first-order chi connectivity index (χ1) is 11.0. The highest BCUT2D eigenvalue weighted by molar-refractivity contribution is 7.53. The SMILES string of the molecule is CCOP(=O)(CCC1=NOC(n2ccc(N)nc2=O)C1)OCC. The van der Waals surface area contributed by atoms with Crippen LogP contribution in [0.3, 0.4) is 0 Å².